The molecule has 4 heterocycles. The summed E-state index contributed by atoms with van der Waals surface area (Å²) in [7, 11) is 1.75. The third-order valence-electron chi connectivity index (χ3n) is 6.09. The Morgan fingerprint density at radius 3 is 2.72 bits per heavy atom. The number of aromatic nitrogens is 2. The minimum absolute atomic E-state index is 0.0351. The lowest BCUT2D eigenvalue weighted by Crippen LogP contribution is -2.55. The molecule has 0 aliphatic carbocycles. The smallest absolute Gasteiger partial charge is 0.366 e. The van der Waals surface area contributed by atoms with E-state index in [0.29, 0.717) is 22.9 Å². The molecule has 1 aromatic carbocycles. The van der Waals surface area contributed by atoms with E-state index >= 15 is 0 Å². The quantitative estimate of drug-likeness (QED) is 0.619. The van der Waals surface area contributed by atoms with Crippen molar-refractivity contribution in [2.75, 3.05) is 34.8 Å². The van der Waals surface area contributed by atoms with E-state index in [2.05, 4.69) is 9.88 Å². The predicted octanol–water partition coefficient (Wildman–Crippen LogP) is 3.97. The fourth-order valence-electron chi connectivity index (χ4n) is 4.42. The number of aliphatic hydroxyl groups excluding tert-OH is 1. The number of rotatable bonds is 4. The standard InChI is InChI=1S/C23H22F3N5O/c1-29(20-7-2-3-11-27-20)22(32)31-17-10-12-30(14-17)19-9-8-18(28-21(19)31)15-5-4-6-16(13-15)23(24,25)26/h2-9,11,13,17,22,32H,10,12,14H2,1H3/t17-,22?/m0/s1. The molecule has 2 atom stereocenters. The Balaban J connectivity index is 1.55. The van der Waals surface area contributed by atoms with E-state index in [1.807, 2.05) is 23.1 Å². The number of aliphatic hydroxyl groups is 1. The molecule has 1 N–H and O–H groups in total. The number of hydrogen-bond acceptors (Lipinski definition) is 6. The summed E-state index contributed by atoms with van der Waals surface area (Å²) in [4.78, 5) is 14.8. The second-order valence-electron chi connectivity index (χ2n) is 8.06. The first-order valence-electron chi connectivity index (χ1n) is 10.4. The van der Waals surface area contributed by atoms with Crippen molar-refractivity contribution in [3.8, 4) is 11.3 Å². The van der Waals surface area contributed by atoms with Gasteiger partial charge >= 0.3 is 6.18 Å². The Kier molecular flexibility index (Phi) is 4.93. The van der Waals surface area contributed by atoms with Gasteiger partial charge in [-0.3, -0.25) is 0 Å². The summed E-state index contributed by atoms with van der Waals surface area (Å²) in [5, 5.41) is 11.3. The zero-order valence-corrected chi connectivity index (χ0v) is 17.4. The fourth-order valence-corrected chi connectivity index (χ4v) is 4.42. The van der Waals surface area contributed by atoms with Gasteiger partial charge in [-0.15, -0.1) is 0 Å². The van der Waals surface area contributed by atoms with Gasteiger partial charge in [0.25, 0.3) is 0 Å². The third kappa shape index (κ3) is 3.52. The summed E-state index contributed by atoms with van der Waals surface area (Å²) in [6, 6.07) is 14.2. The molecule has 166 valence electrons. The molecule has 0 radical (unpaired) electrons. The molecule has 2 aliphatic heterocycles. The number of benzene rings is 1. The average Bonchev–Trinajstić information content (AvgIpc) is 3.22. The summed E-state index contributed by atoms with van der Waals surface area (Å²) in [5.74, 6) is 1.17. The Morgan fingerprint density at radius 1 is 1.12 bits per heavy atom. The van der Waals surface area contributed by atoms with Crippen LogP contribution in [-0.4, -0.2) is 47.6 Å². The van der Waals surface area contributed by atoms with Crippen molar-refractivity contribution in [2.24, 2.45) is 0 Å². The summed E-state index contributed by atoms with van der Waals surface area (Å²) < 4.78 is 39.6. The predicted molar refractivity (Wildman–Crippen MR) is 116 cm³/mol. The highest BCUT2D eigenvalue weighted by atomic mass is 19.4. The molecule has 3 aromatic rings. The van der Waals surface area contributed by atoms with Crippen molar-refractivity contribution >= 4 is 17.3 Å². The van der Waals surface area contributed by atoms with Gasteiger partial charge in [-0.1, -0.05) is 18.2 Å². The first-order valence-corrected chi connectivity index (χ1v) is 10.4. The van der Waals surface area contributed by atoms with E-state index in [1.165, 1.54) is 6.07 Å². The summed E-state index contributed by atoms with van der Waals surface area (Å²) in [6.07, 6.45) is -2.95. The second kappa shape index (κ2) is 7.67. The summed E-state index contributed by atoms with van der Waals surface area (Å²) in [6.45, 7) is 1.59. The molecule has 0 spiro atoms. The van der Waals surface area contributed by atoms with Crippen LogP contribution in [0.25, 0.3) is 11.3 Å². The number of hydrogen-bond donors (Lipinski definition) is 1. The van der Waals surface area contributed by atoms with Crippen LogP contribution in [0, 0.1) is 0 Å². The van der Waals surface area contributed by atoms with Gasteiger partial charge in [0.2, 0.25) is 6.35 Å². The minimum Gasteiger partial charge on any atom is -0.366 e. The molecule has 1 fully saturated rings. The molecule has 32 heavy (non-hydrogen) atoms. The highest BCUT2D eigenvalue weighted by molar-refractivity contribution is 5.76. The van der Waals surface area contributed by atoms with Crippen molar-refractivity contribution in [1.29, 1.82) is 0 Å². The maximum atomic E-state index is 13.2. The van der Waals surface area contributed by atoms with Crippen LogP contribution in [0.1, 0.15) is 12.0 Å². The number of nitrogens with zero attached hydrogens (tertiary/aromatic N) is 5. The van der Waals surface area contributed by atoms with Crippen molar-refractivity contribution in [3.63, 3.8) is 0 Å². The molecule has 1 unspecified atom stereocenters. The molecule has 0 amide bonds. The van der Waals surface area contributed by atoms with Crippen molar-refractivity contribution in [1.82, 2.24) is 9.97 Å². The van der Waals surface area contributed by atoms with E-state index in [0.717, 1.165) is 37.3 Å². The molecule has 2 aromatic heterocycles. The molecule has 5 rings (SSSR count). The maximum Gasteiger partial charge on any atom is 0.416 e. The Bertz CT molecular complexity index is 1120. The van der Waals surface area contributed by atoms with E-state index < -0.39 is 18.1 Å². The minimum atomic E-state index is -4.43. The zero-order valence-electron chi connectivity index (χ0n) is 17.4. The average molecular weight is 441 g/mol. The Morgan fingerprint density at radius 2 is 1.97 bits per heavy atom. The van der Waals surface area contributed by atoms with Crippen LogP contribution in [0.5, 0.6) is 0 Å². The zero-order chi connectivity index (χ0) is 22.5. The SMILES string of the molecule is CN(c1ccccn1)C(O)N1c2nc(-c3cccc(C(F)(F)F)c3)ccc2N2CC[C@H]1C2. The summed E-state index contributed by atoms with van der Waals surface area (Å²) in [5.41, 5.74) is 0.950. The number of pyridine rings is 2. The third-order valence-corrected chi connectivity index (χ3v) is 6.09. The van der Waals surface area contributed by atoms with E-state index in [-0.39, 0.29) is 6.04 Å². The highest BCUT2D eigenvalue weighted by Gasteiger charge is 2.41. The van der Waals surface area contributed by atoms with Crippen LogP contribution >= 0.6 is 0 Å². The van der Waals surface area contributed by atoms with Crippen LogP contribution in [0.3, 0.4) is 0 Å². The maximum absolute atomic E-state index is 13.2. The van der Waals surface area contributed by atoms with Crippen molar-refractivity contribution < 1.29 is 18.3 Å². The van der Waals surface area contributed by atoms with Crippen LogP contribution in [0.4, 0.5) is 30.5 Å². The van der Waals surface area contributed by atoms with Gasteiger partial charge in [0.15, 0.2) is 5.82 Å². The lowest BCUT2D eigenvalue weighted by atomic mass is 10.1. The normalized spacial score (nSPS) is 18.5. The van der Waals surface area contributed by atoms with Crippen molar-refractivity contribution in [2.45, 2.75) is 25.0 Å². The second-order valence-corrected chi connectivity index (χ2v) is 8.06. The fraction of sp³-hybridized carbons (Fsp3) is 0.304. The topological polar surface area (TPSA) is 55.7 Å². The van der Waals surface area contributed by atoms with Crippen LogP contribution in [0.15, 0.2) is 60.8 Å². The van der Waals surface area contributed by atoms with Crippen LogP contribution in [-0.2, 0) is 6.18 Å². The molecule has 2 aliphatic rings. The number of fused-ring (bicyclic) bond motifs is 4. The van der Waals surface area contributed by atoms with Gasteiger partial charge in [-0.05, 0) is 42.8 Å². The molecular formula is C23H22F3N5O. The van der Waals surface area contributed by atoms with Gasteiger partial charge < -0.3 is 19.8 Å². The molecule has 0 saturated carbocycles. The van der Waals surface area contributed by atoms with Crippen molar-refractivity contribution in [3.05, 3.63) is 66.4 Å². The number of alkyl halides is 3. The van der Waals surface area contributed by atoms with E-state index in [9.17, 15) is 18.3 Å². The number of halogens is 3. The summed E-state index contributed by atoms with van der Waals surface area (Å²) >= 11 is 0. The Labute approximate surface area is 183 Å². The van der Waals surface area contributed by atoms with Crippen LogP contribution in [0.2, 0.25) is 0 Å². The van der Waals surface area contributed by atoms with Gasteiger partial charge in [-0.25, -0.2) is 9.97 Å². The van der Waals surface area contributed by atoms with Crippen LogP contribution < -0.4 is 14.7 Å². The molecule has 1 saturated heterocycles. The van der Waals surface area contributed by atoms with E-state index in [1.54, 1.807) is 36.3 Å². The lowest BCUT2D eigenvalue weighted by molar-refractivity contribution is -0.137. The largest absolute Gasteiger partial charge is 0.416 e. The highest BCUT2D eigenvalue weighted by Crippen LogP contribution is 2.42. The lowest BCUT2D eigenvalue weighted by Gasteiger charge is -2.43. The van der Waals surface area contributed by atoms with E-state index in [4.69, 9.17) is 4.98 Å². The molecular weight excluding hydrogens is 419 g/mol. The van der Waals surface area contributed by atoms with Gasteiger partial charge in [0, 0.05) is 31.9 Å². The van der Waals surface area contributed by atoms with Gasteiger partial charge in [0.1, 0.15) is 5.82 Å². The first kappa shape index (κ1) is 20.6. The first-order chi connectivity index (χ1) is 15.3. The van der Waals surface area contributed by atoms with Gasteiger partial charge in [0.05, 0.1) is 23.0 Å². The monoisotopic (exact) mass is 441 g/mol. The molecule has 6 nitrogen and oxygen atoms in total. The number of anilines is 3. The Hall–Kier alpha value is -3.33. The molecule has 2 bridgehead atoms. The molecule has 9 heteroatoms. The van der Waals surface area contributed by atoms with Gasteiger partial charge in [-0.2, -0.15) is 13.2 Å².